The Hall–Kier alpha value is -2.48. The maximum atomic E-state index is 12.3. The Kier molecular flexibility index (Phi) is 6.61. The summed E-state index contributed by atoms with van der Waals surface area (Å²) < 4.78 is 29.0. The van der Waals surface area contributed by atoms with Crippen LogP contribution in [0.15, 0.2) is 67.0 Å². The first-order valence-electron chi connectivity index (χ1n) is 9.29. The average Bonchev–Trinajstić information content (AvgIpc) is 3.11. The van der Waals surface area contributed by atoms with Gasteiger partial charge < -0.3 is 5.32 Å². The number of benzene rings is 2. The molecule has 0 saturated heterocycles. The summed E-state index contributed by atoms with van der Waals surface area (Å²) in [4.78, 5) is 0. The van der Waals surface area contributed by atoms with Crippen LogP contribution in [0.3, 0.4) is 0 Å². The molecule has 0 atom stereocenters. The Morgan fingerprint density at radius 1 is 0.964 bits per heavy atom. The van der Waals surface area contributed by atoms with E-state index in [1.807, 2.05) is 85.5 Å². The van der Waals surface area contributed by atoms with Gasteiger partial charge >= 0.3 is 0 Å². The fourth-order valence-electron chi connectivity index (χ4n) is 2.99. The monoisotopic (exact) mass is 398 g/mol. The number of aromatic nitrogens is 2. The van der Waals surface area contributed by atoms with Crippen LogP contribution in [-0.4, -0.2) is 24.2 Å². The maximum absolute atomic E-state index is 12.3. The molecule has 0 amide bonds. The van der Waals surface area contributed by atoms with Gasteiger partial charge in [0.2, 0.25) is 10.0 Å². The first kappa shape index (κ1) is 20.3. The largest absolute Gasteiger partial charge is 0.308 e. The Bertz CT molecular complexity index is 998. The summed E-state index contributed by atoms with van der Waals surface area (Å²) in [6.45, 7) is 4.88. The molecule has 28 heavy (non-hydrogen) atoms. The second-order valence-electron chi connectivity index (χ2n) is 7.03. The van der Waals surface area contributed by atoms with Crippen LogP contribution in [0.1, 0.15) is 30.5 Å². The molecule has 0 aliphatic heterocycles. The Labute approximate surface area is 166 Å². The summed E-state index contributed by atoms with van der Waals surface area (Å²) in [7, 11) is -3.35. The van der Waals surface area contributed by atoms with Gasteiger partial charge in [0.25, 0.3) is 0 Å². The average molecular weight is 399 g/mol. The number of nitrogens with one attached hydrogen (secondary N) is 2. The van der Waals surface area contributed by atoms with Crippen molar-refractivity contribution in [3.05, 3.63) is 83.7 Å². The van der Waals surface area contributed by atoms with Gasteiger partial charge in [-0.1, -0.05) is 42.5 Å². The van der Waals surface area contributed by atoms with Gasteiger partial charge in [0.15, 0.2) is 0 Å². The Balaban J connectivity index is 1.61. The second kappa shape index (κ2) is 9.14. The van der Waals surface area contributed by atoms with Crippen LogP contribution < -0.4 is 10.0 Å². The Morgan fingerprint density at radius 3 is 2.36 bits per heavy atom. The van der Waals surface area contributed by atoms with Crippen molar-refractivity contribution in [1.82, 2.24) is 19.8 Å². The molecule has 2 N–H and O–H groups in total. The molecule has 6 nitrogen and oxygen atoms in total. The van der Waals surface area contributed by atoms with Crippen LogP contribution in [0, 0.1) is 0 Å². The van der Waals surface area contributed by atoms with Crippen molar-refractivity contribution >= 4 is 10.0 Å². The van der Waals surface area contributed by atoms with Gasteiger partial charge in [-0.2, -0.15) is 5.10 Å². The standard InChI is InChI=1S/C21H26N4O2S/c1-17(2)24-28(26,27)16-20-9-7-6-8-19(20)14-22-12-18-13-23-25(15-18)21-10-4-3-5-11-21/h3-11,13,15,17,22,24H,12,14,16H2,1-2H3. The van der Waals surface area contributed by atoms with E-state index in [2.05, 4.69) is 15.1 Å². The third-order valence-corrected chi connectivity index (χ3v) is 5.70. The molecule has 2 aromatic carbocycles. The van der Waals surface area contributed by atoms with E-state index in [9.17, 15) is 8.42 Å². The van der Waals surface area contributed by atoms with Crippen molar-refractivity contribution in [3.8, 4) is 5.69 Å². The number of hydrogen-bond acceptors (Lipinski definition) is 4. The molecule has 1 aromatic heterocycles. The van der Waals surface area contributed by atoms with Crippen LogP contribution in [0.5, 0.6) is 0 Å². The van der Waals surface area contributed by atoms with E-state index in [1.54, 1.807) is 0 Å². The van der Waals surface area contributed by atoms with E-state index in [-0.39, 0.29) is 11.8 Å². The fraction of sp³-hybridized carbons (Fsp3) is 0.286. The number of rotatable bonds is 9. The van der Waals surface area contributed by atoms with Crippen LogP contribution in [0.4, 0.5) is 0 Å². The SMILES string of the molecule is CC(C)NS(=O)(=O)Cc1ccccc1CNCc1cnn(-c2ccccc2)c1. The summed E-state index contributed by atoms with van der Waals surface area (Å²) in [6.07, 6.45) is 3.83. The van der Waals surface area contributed by atoms with Crippen molar-refractivity contribution in [3.63, 3.8) is 0 Å². The third kappa shape index (κ3) is 5.76. The quantitative estimate of drug-likeness (QED) is 0.581. The van der Waals surface area contributed by atoms with E-state index >= 15 is 0 Å². The minimum absolute atomic E-state index is 0.0189. The summed E-state index contributed by atoms with van der Waals surface area (Å²) in [6, 6.07) is 17.5. The van der Waals surface area contributed by atoms with Gasteiger partial charge in [-0.25, -0.2) is 17.8 Å². The van der Waals surface area contributed by atoms with Crippen molar-refractivity contribution in [2.24, 2.45) is 0 Å². The molecule has 148 valence electrons. The molecule has 3 aromatic rings. The molecule has 0 aliphatic carbocycles. The third-order valence-electron chi connectivity index (χ3n) is 4.18. The minimum Gasteiger partial charge on any atom is -0.308 e. The zero-order chi connectivity index (χ0) is 20.0. The number of hydrogen-bond donors (Lipinski definition) is 2. The van der Waals surface area contributed by atoms with Gasteiger partial charge in [-0.05, 0) is 37.1 Å². The fourth-order valence-corrected chi connectivity index (χ4v) is 4.48. The lowest BCUT2D eigenvalue weighted by Crippen LogP contribution is -2.31. The molecule has 0 saturated carbocycles. The number of para-hydroxylation sites is 1. The molecule has 0 unspecified atom stereocenters. The molecule has 7 heteroatoms. The molecule has 1 heterocycles. The van der Waals surface area contributed by atoms with Crippen molar-refractivity contribution < 1.29 is 8.42 Å². The lowest BCUT2D eigenvalue weighted by molar-refractivity contribution is 0.568. The summed E-state index contributed by atoms with van der Waals surface area (Å²) >= 11 is 0. The van der Waals surface area contributed by atoms with Crippen molar-refractivity contribution in [1.29, 1.82) is 0 Å². The van der Waals surface area contributed by atoms with E-state index in [0.717, 1.165) is 22.4 Å². The number of nitrogens with zero attached hydrogens (tertiary/aromatic N) is 2. The Morgan fingerprint density at radius 2 is 1.64 bits per heavy atom. The van der Waals surface area contributed by atoms with Crippen LogP contribution in [0.2, 0.25) is 0 Å². The predicted octanol–water partition coefficient (Wildman–Crippen LogP) is 2.99. The van der Waals surface area contributed by atoms with Crippen LogP contribution >= 0.6 is 0 Å². The van der Waals surface area contributed by atoms with Crippen molar-refractivity contribution in [2.45, 2.75) is 38.7 Å². The predicted molar refractivity (Wildman–Crippen MR) is 111 cm³/mol. The molecule has 0 fully saturated rings. The smallest absolute Gasteiger partial charge is 0.216 e. The van der Waals surface area contributed by atoms with Gasteiger partial charge in [-0.3, -0.25) is 0 Å². The van der Waals surface area contributed by atoms with Crippen molar-refractivity contribution in [2.75, 3.05) is 0 Å². The zero-order valence-electron chi connectivity index (χ0n) is 16.2. The van der Waals surface area contributed by atoms with Gasteiger partial charge in [0.1, 0.15) is 0 Å². The summed E-state index contributed by atoms with van der Waals surface area (Å²) in [5.41, 5.74) is 3.87. The van der Waals surface area contributed by atoms with Gasteiger partial charge in [0, 0.05) is 30.9 Å². The van der Waals surface area contributed by atoms with Gasteiger partial charge in [-0.15, -0.1) is 0 Å². The van der Waals surface area contributed by atoms with Gasteiger partial charge in [0.05, 0.1) is 17.6 Å². The van der Waals surface area contributed by atoms with E-state index in [4.69, 9.17) is 0 Å². The molecule has 0 radical (unpaired) electrons. The minimum atomic E-state index is -3.35. The first-order chi connectivity index (χ1) is 13.4. The molecule has 0 aliphatic rings. The van der Waals surface area contributed by atoms with E-state index < -0.39 is 10.0 Å². The topological polar surface area (TPSA) is 76.0 Å². The summed E-state index contributed by atoms with van der Waals surface area (Å²) in [5.74, 6) is -0.0189. The normalized spacial score (nSPS) is 11.8. The highest BCUT2D eigenvalue weighted by molar-refractivity contribution is 7.88. The highest BCUT2D eigenvalue weighted by Gasteiger charge is 2.15. The second-order valence-corrected chi connectivity index (χ2v) is 8.79. The lowest BCUT2D eigenvalue weighted by atomic mass is 10.1. The van der Waals surface area contributed by atoms with Crippen LogP contribution in [0.25, 0.3) is 5.69 Å². The molecule has 0 spiro atoms. The molecular formula is C21H26N4O2S. The van der Waals surface area contributed by atoms with E-state index in [1.165, 1.54) is 0 Å². The molecule has 0 bridgehead atoms. The van der Waals surface area contributed by atoms with Crippen LogP contribution in [-0.2, 0) is 28.9 Å². The highest BCUT2D eigenvalue weighted by atomic mass is 32.2. The number of sulfonamides is 1. The lowest BCUT2D eigenvalue weighted by Gasteiger charge is -2.13. The first-order valence-corrected chi connectivity index (χ1v) is 10.9. The summed E-state index contributed by atoms with van der Waals surface area (Å²) in [5, 5.41) is 7.78. The molecule has 3 rings (SSSR count). The van der Waals surface area contributed by atoms with E-state index in [0.29, 0.717) is 13.1 Å². The zero-order valence-corrected chi connectivity index (χ0v) is 17.0. The molecular weight excluding hydrogens is 372 g/mol. The maximum Gasteiger partial charge on any atom is 0.216 e. The highest BCUT2D eigenvalue weighted by Crippen LogP contribution is 2.13.